The summed E-state index contributed by atoms with van der Waals surface area (Å²) in [6, 6.07) is 5.99. The Bertz CT molecular complexity index is 810. The van der Waals surface area contributed by atoms with Crippen LogP contribution in [-0.2, 0) is 10.0 Å². The summed E-state index contributed by atoms with van der Waals surface area (Å²) in [6.45, 7) is 1.45. The average molecular weight is 377 g/mol. The van der Waals surface area contributed by atoms with Gasteiger partial charge >= 0.3 is 0 Å². The standard InChI is InChI=1S/C13H11BrF2N2O2S/c1-7-9(15)3-2-4-12(7)18-21(19,20)13-6-11(17)10(16)5-8(13)14/h2-6,18H,17H2,1H3. The third-order valence-corrected chi connectivity index (χ3v) is 5.18. The maximum atomic E-state index is 13.4. The number of anilines is 2. The van der Waals surface area contributed by atoms with E-state index in [0.29, 0.717) is 0 Å². The second kappa shape index (κ2) is 5.61. The first kappa shape index (κ1) is 15.7. The molecule has 0 radical (unpaired) electrons. The zero-order valence-electron chi connectivity index (χ0n) is 10.8. The maximum absolute atomic E-state index is 13.4. The van der Waals surface area contributed by atoms with E-state index < -0.39 is 21.7 Å². The molecule has 4 nitrogen and oxygen atoms in total. The minimum absolute atomic E-state index is 0.0238. The van der Waals surface area contributed by atoms with E-state index >= 15 is 0 Å². The van der Waals surface area contributed by atoms with Crippen LogP contribution in [0, 0.1) is 18.6 Å². The molecule has 0 unspecified atom stereocenters. The van der Waals surface area contributed by atoms with Gasteiger partial charge in [-0.1, -0.05) is 6.07 Å². The second-order valence-electron chi connectivity index (χ2n) is 4.32. The highest BCUT2D eigenvalue weighted by Gasteiger charge is 2.21. The molecular formula is C13H11BrF2N2O2S. The molecule has 0 aromatic heterocycles. The number of hydrogen-bond donors (Lipinski definition) is 2. The minimum Gasteiger partial charge on any atom is -0.396 e. The molecule has 21 heavy (non-hydrogen) atoms. The third-order valence-electron chi connectivity index (χ3n) is 2.85. The van der Waals surface area contributed by atoms with E-state index in [4.69, 9.17) is 5.73 Å². The number of nitrogen functional groups attached to an aromatic ring is 1. The molecule has 112 valence electrons. The van der Waals surface area contributed by atoms with Gasteiger partial charge in [0.25, 0.3) is 10.0 Å². The summed E-state index contributed by atoms with van der Waals surface area (Å²) in [6.07, 6.45) is 0. The lowest BCUT2D eigenvalue weighted by Gasteiger charge is -2.13. The van der Waals surface area contributed by atoms with Gasteiger partial charge in [0, 0.05) is 10.0 Å². The number of sulfonamides is 1. The molecule has 0 amide bonds. The fourth-order valence-corrected chi connectivity index (χ4v) is 3.84. The van der Waals surface area contributed by atoms with E-state index in [2.05, 4.69) is 20.7 Å². The smallest absolute Gasteiger partial charge is 0.263 e. The van der Waals surface area contributed by atoms with Crippen LogP contribution in [0.3, 0.4) is 0 Å². The Hall–Kier alpha value is -1.67. The Morgan fingerprint density at radius 2 is 1.86 bits per heavy atom. The van der Waals surface area contributed by atoms with Crippen molar-refractivity contribution in [3.8, 4) is 0 Å². The van der Waals surface area contributed by atoms with Crippen molar-refractivity contribution in [1.82, 2.24) is 0 Å². The molecule has 0 aliphatic heterocycles. The van der Waals surface area contributed by atoms with Crippen molar-refractivity contribution in [2.75, 3.05) is 10.5 Å². The summed E-state index contributed by atoms with van der Waals surface area (Å²) in [4.78, 5) is -0.231. The van der Waals surface area contributed by atoms with Gasteiger partial charge < -0.3 is 5.73 Å². The van der Waals surface area contributed by atoms with Crippen molar-refractivity contribution >= 4 is 37.3 Å². The van der Waals surface area contributed by atoms with Crippen LogP contribution in [-0.4, -0.2) is 8.42 Å². The molecule has 3 N–H and O–H groups in total. The highest BCUT2D eigenvalue weighted by atomic mass is 79.9. The van der Waals surface area contributed by atoms with Crippen LogP contribution in [0.4, 0.5) is 20.2 Å². The number of rotatable bonds is 3. The van der Waals surface area contributed by atoms with Crippen molar-refractivity contribution in [3.05, 3.63) is 52.0 Å². The van der Waals surface area contributed by atoms with Gasteiger partial charge in [0.2, 0.25) is 0 Å². The summed E-state index contributed by atoms with van der Waals surface area (Å²) in [5.41, 5.74) is 5.35. The van der Waals surface area contributed by atoms with Crippen molar-refractivity contribution in [3.63, 3.8) is 0 Å². The Morgan fingerprint density at radius 1 is 1.19 bits per heavy atom. The van der Waals surface area contributed by atoms with Crippen molar-refractivity contribution in [2.24, 2.45) is 0 Å². The lowest BCUT2D eigenvalue weighted by molar-refractivity contribution is 0.599. The van der Waals surface area contributed by atoms with Gasteiger partial charge in [-0.05, 0) is 47.1 Å². The van der Waals surface area contributed by atoms with Gasteiger partial charge in [-0.3, -0.25) is 4.72 Å². The lowest BCUT2D eigenvalue weighted by Crippen LogP contribution is -2.15. The topological polar surface area (TPSA) is 72.2 Å². The quantitative estimate of drug-likeness (QED) is 0.806. The zero-order chi connectivity index (χ0) is 15.8. The maximum Gasteiger partial charge on any atom is 0.263 e. The molecule has 0 spiro atoms. The normalized spacial score (nSPS) is 11.4. The Kier molecular flexibility index (Phi) is 4.20. The van der Waals surface area contributed by atoms with Gasteiger partial charge in [0.15, 0.2) is 0 Å². The van der Waals surface area contributed by atoms with E-state index in [0.717, 1.165) is 12.1 Å². The summed E-state index contributed by atoms with van der Waals surface area (Å²) in [5.74, 6) is -1.27. The number of benzene rings is 2. The Labute approximate surface area is 129 Å². The summed E-state index contributed by atoms with van der Waals surface area (Å²) in [5, 5.41) is 0. The van der Waals surface area contributed by atoms with Crippen LogP contribution in [0.15, 0.2) is 39.7 Å². The predicted molar refractivity (Wildman–Crippen MR) is 80.5 cm³/mol. The highest BCUT2D eigenvalue weighted by molar-refractivity contribution is 9.10. The fraction of sp³-hybridized carbons (Fsp3) is 0.0769. The molecule has 0 aliphatic carbocycles. The van der Waals surface area contributed by atoms with E-state index in [1.54, 1.807) is 0 Å². The average Bonchev–Trinajstić information content (AvgIpc) is 2.39. The molecule has 0 aliphatic rings. The Balaban J connectivity index is 2.48. The molecule has 0 fully saturated rings. The number of nitrogens with one attached hydrogen (secondary N) is 1. The van der Waals surface area contributed by atoms with Crippen molar-refractivity contribution in [2.45, 2.75) is 11.8 Å². The SMILES string of the molecule is Cc1c(F)cccc1NS(=O)(=O)c1cc(N)c(F)cc1Br. The lowest BCUT2D eigenvalue weighted by atomic mass is 10.2. The van der Waals surface area contributed by atoms with E-state index in [-0.39, 0.29) is 26.3 Å². The molecule has 2 aromatic carbocycles. The summed E-state index contributed by atoms with van der Waals surface area (Å²) >= 11 is 2.97. The van der Waals surface area contributed by atoms with Crippen LogP contribution < -0.4 is 10.5 Å². The fourth-order valence-electron chi connectivity index (χ4n) is 1.67. The van der Waals surface area contributed by atoms with E-state index in [1.165, 1.54) is 25.1 Å². The van der Waals surface area contributed by atoms with Crippen LogP contribution in [0.5, 0.6) is 0 Å². The second-order valence-corrected chi connectivity index (χ2v) is 6.83. The first-order valence-corrected chi connectivity index (χ1v) is 8.02. The monoisotopic (exact) mass is 376 g/mol. The van der Waals surface area contributed by atoms with Gasteiger partial charge in [-0.25, -0.2) is 17.2 Å². The van der Waals surface area contributed by atoms with E-state index in [9.17, 15) is 17.2 Å². The molecule has 2 aromatic rings. The van der Waals surface area contributed by atoms with Crippen LogP contribution in [0.1, 0.15) is 5.56 Å². The molecule has 0 heterocycles. The largest absolute Gasteiger partial charge is 0.396 e. The van der Waals surface area contributed by atoms with Gasteiger partial charge in [0.1, 0.15) is 16.5 Å². The van der Waals surface area contributed by atoms with Crippen LogP contribution >= 0.6 is 15.9 Å². The van der Waals surface area contributed by atoms with E-state index in [1.807, 2.05) is 0 Å². The predicted octanol–water partition coefficient (Wildman–Crippen LogP) is 3.42. The molecule has 8 heteroatoms. The van der Waals surface area contributed by atoms with Gasteiger partial charge in [0.05, 0.1) is 11.4 Å². The number of nitrogens with two attached hydrogens (primary N) is 1. The molecule has 0 bridgehead atoms. The van der Waals surface area contributed by atoms with Gasteiger partial charge in [-0.2, -0.15) is 0 Å². The highest BCUT2D eigenvalue weighted by Crippen LogP contribution is 2.29. The summed E-state index contributed by atoms with van der Waals surface area (Å²) in [7, 11) is -4.03. The molecule has 0 atom stereocenters. The minimum atomic E-state index is -4.03. The molecule has 0 saturated heterocycles. The molecular weight excluding hydrogens is 366 g/mol. The van der Waals surface area contributed by atoms with Crippen molar-refractivity contribution < 1.29 is 17.2 Å². The first-order valence-electron chi connectivity index (χ1n) is 5.75. The third kappa shape index (κ3) is 3.16. The van der Waals surface area contributed by atoms with Crippen LogP contribution in [0.25, 0.3) is 0 Å². The molecule has 0 saturated carbocycles. The Morgan fingerprint density at radius 3 is 2.52 bits per heavy atom. The van der Waals surface area contributed by atoms with Crippen LogP contribution in [0.2, 0.25) is 0 Å². The van der Waals surface area contributed by atoms with Crippen molar-refractivity contribution in [1.29, 1.82) is 0 Å². The zero-order valence-corrected chi connectivity index (χ0v) is 13.2. The molecule has 2 rings (SSSR count). The number of halogens is 3. The summed E-state index contributed by atoms with van der Waals surface area (Å²) < 4.78 is 53.6. The first-order chi connectivity index (χ1) is 9.72. The van der Waals surface area contributed by atoms with Gasteiger partial charge in [-0.15, -0.1) is 0 Å². The number of hydrogen-bond acceptors (Lipinski definition) is 3.